The van der Waals surface area contributed by atoms with Crippen LogP contribution in [0.1, 0.15) is 33.1 Å². The smallest absolute Gasteiger partial charge is 0.282 e. The topological polar surface area (TPSA) is 47.6 Å². The first-order valence-electron chi connectivity index (χ1n) is 5.11. The fourth-order valence-corrected chi connectivity index (χ4v) is 2.54. The molecule has 1 heterocycles. The van der Waals surface area contributed by atoms with Crippen molar-refractivity contribution >= 4 is 6.02 Å². The monoisotopic (exact) mass is 182 g/mol. The molecule has 1 fully saturated rings. The van der Waals surface area contributed by atoms with Gasteiger partial charge in [-0.3, -0.25) is 0 Å². The van der Waals surface area contributed by atoms with Crippen molar-refractivity contribution in [3.63, 3.8) is 0 Å². The molecule has 1 spiro atoms. The molecule has 0 bridgehead atoms. The summed E-state index contributed by atoms with van der Waals surface area (Å²) in [5.41, 5.74) is 5.52. The van der Waals surface area contributed by atoms with Crippen molar-refractivity contribution in [3.05, 3.63) is 0 Å². The molecule has 3 unspecified atom stereocenters. The second kappa shape index (κ2) is 2.89. The molecule has 0 aromatic heterocycles. The Morgan fingerprint density at radius 1 is 1.54 bits per heavy atom. The van der Waals surface area contributed by atoms with Gasteiger partial charge in [-0.1, -0.05) is 13.8 Å². The van der Waals surface area contributed by atoms with E-state index in [9.17, 15) is 0 Å². The van der Waals surface area contributed by atoms with E-state index >= 15 is 0 Å². The van der Waals surface area contributed by atoms with E-state index in [2.05, 4.69) is 18.8 Å². The van der Waals surface area contributed by atoms with Crippen LogP contribution in [0.4, 0.5) is 0 Å². The van der Waals surface area contributed by atoms with Crippen LogP contribution in [0, 0.1) is 11.8 Å². The van der Waals surface area contributed by atoms with Crippen LogP contribution in [0.25, 0.3) is 0 Å². The fraction of sp³-hybridized carbons (Fsp3) is 0.900. The lowest BCUT2D eigenvalue weighted by molar-refractivity contribution is -0.0167. The Balaban J connectivity index is 2.08. The van der Waals surface area contributed by atoms with Gasteiger partial charge in [0.25, 0.3) is 6.02 Å². The third kappa shape index (κ3) is 1.40. The van der Waals surface area contributed by atoms with E-state index in [-0.39, 0.29) is 5.60 Å². The molecule has 2 N–H and O–H groups in total. The maximum Gasteiger partial charge on any atom is 0.282 e. The van der Waals surface area contributed by atoms with Gasteiger partial charge in [-0.05, 0) is 31.1 Å². The Morgan fingerprint density at radius 2 is 2.31 bits per heavy atom. The molecular weight excluding hydrogens is 164 g/mol. The average Bonchev–Trinajstić information content (AvgIpc) is 2.43. The molecule has 74 valence electrons. The summed E-state index contributed by atoms with van der Waals surface area (Å²) in [7, 11) is 0. The quantitative estimate of drug-likeness (QED) is 0.617. The van der Waals surface area contributed by atoms with Gasteiger partial charge in [0.05, 0.1) is 6.54 Å². The molecule has 2 aliphatic rings. The van der Waals surface area contributed by atoms with Gasteiger partial charge in [0.15, 0.2) is 0 Å². The summed E-state index contributed by atoms with van der Waals surface area (Å²) in [5.74, 6) is 1.41. The van der Waals surface area contributed by atoms with Crippen LogP contribution in [-0.4, -0.2) is 18.2 Å². The summed E-state index contributed by atoms with van der Waals surface area (Å²) < 4.78 is 5.68. The predicted molar refractivity (Wildman–Crippen MR) is 52.5 cm³/mol. The number of hydrogen-bond acceptors (Lipinski definition) is 3. The zero-order valence-corrected chi connectivity index (χ0v) is 8.42. The molecular formula is C10H18N2O. The number of aliphatic imine (C=N–C) groups is 1. The average molecular weight is 182 g/mol. The summed E-state index contributed by atoms with van der Waals surface area (Å²) in [6, 6.07) is 0.390. The van der Waals surface area contributed by atoms with E-state index in [0.29, 0.717) is 11.9 Å². The van der Waals surface area contributed by atoms with E-state index < -0.39 is 0 Å². The number of amidine groups is 1. The summed E-state index contributed by atoms with van der Waals surface area (Å²) in [6.45, 7) is 5.33. The molecule has 1 saturated carbocycles. The van der Waals surface area contributed by atoms with Crippen LogP contribution in [-0.2, 0) is 4.74 Å². The molecule has 1 aliphatic heterocycles. The van der Waals surface area contributed by atoms with E-state index in [1.54, 1.807) is 0 Å². The fourth-order valence-electron chi connectivity index (χ4n) is 2.54. The lowest BCUT2D eigenvalue weighted by Gasteiger charge is -2.40. The van der Waals surface area contributed by atoms with Crippen LogP contribution in [0.3, 0.4) is 0 Å². The molecule has 0 aromatic rings. The maximum absolute atomic E-state index is 5.68. The van der Waals surface area contributed by atoms with Gasteiger partial charge in [0.1, 0.15) is 5.60 Å². The normalized spacial score (nSPS) is 44.6. The van der Waals surface area contributed by atoms with Crippen molar-refractivity contribution in [1.82, 2.24) is 0 Å². The molecule has 13 heavy (non-hydrogen) atoms. The first kappa shape index (κ1) is 8.85. The lowest BCUT2D eigenvalue weighted by atomic mass is 9.72. The Kier molecular flexibility index (Phi) is 1.97. The third-order valence-corrected chi connectivity index (χ3v) is 3.52. The number of nitrogens with zero attached hydrogens (tertiary/aromatic N) is 1. The summed E-state index contributed by atoms with van der Waals surface area (Å²) in [5, 5.41) is 0. The second-order valence-electron chi connectivity index (χ2n) is 4.60. The second-order valence-corrected chi connectivity index (χ2v) is 4.60. The van der Waals surface area contributed by atoms with Crippen LogP contribution < -0.4 is 5.73 Å². The van der Waals surface area contributed by atoms with Gasteiger partial charge in [-0.15, -0.1) is 0 Å². The summed E-state index contributed by atoms with van der Waals surface area (Å²) >= 11 is 0. The van der Waals surface area contributed by atoms with Crippen LogP contribution in [0.2, 0.25) is 0 Å². The van der Waals surface area contributed by atoms with Gasteiger partial charge < -0.3 is 10.5 Å². The lowest BCUT2D eigenvalue weighted by Crippen LogP contribution is -2.45. The minimum absolute atomic E-state index is 0.0450. The van der Waals surface area contributed by atoms with Gasteiger partial charge in [-0.2, -0.15) is 0 Å². The standard InChI is InChI=1S/C10H18N2O/c1-7-3-4-10(8(2)5-7)6-12-9(11)13-10/h7-8H,3-6H2,1-2H3,(H2,11,12). The van der Waals surface area contributed by atoms with Crippen LogP contribution in [0.15, 0.2) is 4.99 Å². The highest BCUT2D eigenvalue weighted by Crippen LogP contribution is 2.41. The molecule has 0 amide bonds. The highest BCUT2D eigenvalue weighted by Gasteiger charge is 2.45. The summed E-state index contributed by atoms with van der Waals surface area (Å²) in [6.07, 6.45) is 3.59. The van der Waals surface area contributed by atoms with Crippen LogP contribution >= 0.6 is 0 Å². The number of rotatable bonds is 0. The zero-order valence-electron chi connectivity index (χ0n) is 8.42. The van der Waals surface area contributed by atoms with E-state index in [0.717, 1.165) is 18.9 Å². The zero-order chi connectivity index (χ0) is 9.47. The Morgan fingerprint density at radius 3 is 2.85 bits per heavy atom. The van der Waals surface area contributed by atoms with Crippen molar-refractivity contribution < 1.29 is 4.74 Å². The Bertz CT molecular complexity index is 239. The minimum Gasteiger partial charge on any atom is -0.457 e. The van der Waals surface area contributed by atoms with Crippen molar-refractivity contribution in [1.29, 1.82) is 0 Å². The molecule has 0 saturated heterocycles. The predicted octanol–water partition coefficient (Wildman–Crippen LogP) is 1.53. The maximum atomic E-state index is 5.68. The van der Waals surface area contributed by atoms with Gasteiger partial charge in [-0.25, -0.2) is 4.99 Å². The number of ether oxygens (including phenoxy) is 1. The molecule has 2 rings (SSSR count). The van der Waals surface area contributed by atoms with Gasteiger partial charge >= 0.3 is 0 Å². The molecule has 0 radical (unpaired) electrons. The molecule has 3 heteroatoms. The highest BCUT2D eigenvalue weighted by molar-refractivity contribution is 5.73. The first-order chi connectivity index (χ1) is 6.12. The van der Waals surface area contributed by atoms with E-state index in [1.165, 1.54) is 12.8 Å². The van der Waals surface area contributed by atoms with Crippen molar-refractivity contribution in [2.24, 2.45) is 22.6 Å². The number of hydrogen-bond donors (Lipinski definition) is 1. The number of nitrogens with two attached hydrogens (primary N) is 1. The van der Waals surface area contributed by atoms with Crippen molar-refractivity contribution in [2.45, 2.75) is 38.7 Å². The Hall–Kier alpha value is -0.730. The van der Waals surface area contributed by atoms with E-state index in [4.69, 9.17) is 10.5 Å². The highest BCUT2D eigenvalue weighted by atomic mass is 16.5. The van der Waals surface area contributed by atoms with Crippen molar-refractivity contribution in [3.8, 4) is 0 Å². The molecule has 3 atom stereocenters. The minimum atomic E-state index is -0.0450. The SMILES string of the molecule is CC1CCC2(CN=C(N)O2)C(C)C1. The van der Waals surface area contributed by atoms with E-state index in [1.807, 2.05) is 0 Å². The van der Waals surface area contributed by atoms with Crippen LogP contribution in [0.5, 0.6) is 0 Å². The van der Waals surface area contributed by atoms with Gasteiger partial charge in [0.2, 0.25) is 0 Å². The molecule has 0 aromatic carbocycles. The van der Waals surface area contributed by atoms with Crippen molar-refractivity contribution in [2.75, 3.05) is 6.54 Å². The summed E-state index contributed by atoms with van der Waals surface area (Å²) in [4.78, 5) is 4.16. The molecule has 1 aliphatic carbocycles. The largest absolute Gasteiger partial charge is 0.457 e. The first-order valence-corrected chi connectivity index (χ1v) is 5.11. The Labute approximate surface area is 79.4 Å². The third-order valence-electron chi connectivity index (χ3n) is 3.52. The molecule has 3 nitrogen and oxygen atoms in total. The van der Waals surface area contributed by atoms with Gasteiger partial charge in [0, 0.05) is 0 Å².